The van der Waals surface area contributed by atoms with Gasteiger partial charge < -0.3 is 10.5 Å². The van der Waals surface area contributed by atoms with Crippen LogP contribution in [-0.2, 0) is 4.79 Å². The highest BCUT2D eigenvalue weighted by Crippen LogP contribution is 1.56. The first kappa shape index (κ1) is 38.1. The van der Waals surface area contributed by atoms with Crippen LogP contribution in [0.2, 0.25) is 0 Å². The average molecular weight is 137 g/mol. The van der Waals surface area contributed by atoms with Crippen LogP contribution in [-0.4, -0.2) is 13.8 Å². The van der Waals surface area contributed by atoms with E-state index in [9.17, 15) is 0 Å². The maximum absolute atomic E-state index is 8.00. The first-order valence-corrected chi connectivity index (χ1v) is 2.28. The summed E-state index contributed by atoms with van der Waals surface area (Å²) in [5.41, 5.74) is 4.50. The smallest absolute Gasteiger partial charge is 0.106 e. The fraction of sp³-hybridized carbons (Fsp3) is 0.857. The molecule has 2 heteroatoms. The molecule has 0 fully saturated rings. The van der Waals surface area contributed by atoms with Gasteiger partial charge in [0.1, 0.15) is 6.79 Å². The summed E-state index contributed by atoms with van der Waals surface area (Å²) in [7, 11) is 1.50. The van der Waals surface area contributed by atoms with Crippen LogP contribution in [0.1, 0.15) is 35.1 Å². The number of carbonyl (C=O) groups excluding carboxylic acids is 1. The Morgan fingerprint density at radius 3 is 1.11 bits per heavy atom. The molecule has 0 aliphatic heterocycles. The molecule has 0 unspecified atom stereocenters. The van der Waals surface area contributed by atoms with Crippen molar-refractivity contribution in [2.24, 2.45) is 5.73 Å². The summed E-state index contributed by atoms with van der Waals surface area (Å²) >= 11 is 0. The van der Waals surface area contributed by atoms with Crippen LogP contribution in [0.5, 0.6) is 0 Å². The van der Waals surface area contributed by atoms with Crippen molar-refractivity contribution in [3.05, 3.63) is 0 Å². The van der Waals surface area contributed by atoms with E-state index in [-0.39, 0.29) is 14.9 Å². The van der Waals surface area contributed by atoms with E-state index in [0.717, 1.165) is 0 Å². The van der Waals surface area contributed by atoms with Gasteiger partial charge >= 0.3 is 0 Å². The van der Waals surface area contributed by atoms with Crippen molar-refractivity contribution >= 4 is 6.79 Å². The zero-order valence-electron chi connectivity index (χ0n) is 5.40. The number of hydrogen-bond donors (Lipinski definition) is 1. The molecule has 0 aliphatic carbocycles. The summed E-state index contributed by atoms with van der Waals surface area (Å²) in [5.74, 6) is 0. The predicted molar refractivity (Wildman–Crippen MR) is 46.7 cm³/mol. The molecule has 2 N–H and O–H groups in total. The standard InChI is InChI=1S/C3H8.CH5N.CH2O.2CH4/c1-3-2;2*1-2;;/h3H2,1-2H3;2H2,1H3;1H2;2*1H4. The molecule has 0 radical (unpaired) electrons. The van der Waals surface area contributed by atoms with Crippen molar-refractivity contribution in [1.82, 2.24) is 0 Å². The van der Waals surface area contributed by atoms with Gasteiger partial charge in [0.05, 0.1) is 0 Å². The Morgan fingerprint density at radius 1 is 1.11 bits per heavy atom. The van der Waals surface area contributed by atoms with Crippen molar-refractivity contribution in [3.8, 4) is 0 Å². The predicted octanol–water partition coefficient (Wildman–Crippen LogP) is 2.08. The van der Waals surface area contributed by atoms with Crippen LogP contribution >= 0.6 is 0 Å². The lowest BCUT2D eigenvalue weighted by Crippen LogP contribution is -1.69. The van der Waals surface area contributed by atoms with Crippen LogP contribution in [0.25, 0.3) is 0 Å². The van der Waals surface area contributed by atoms with Crippen molar-refractivity contribution in [2.75, 3.05) is 7.05 Å². The molecule has 0 aromatic heterocycles. The Kier molecular flexibility index (Phi) is 3580. The highest BCUT2D eigenvalue weighted by Gasteiger charge is 1.35. The molecule has 0 atom stereocenters. The molecule has 0 saturated carbocycles. The average Bonchev–Trinajstić information content (AvgIpc) is 1.78. The monoisotopic (exact) mass is 137 g/mol. The van der Waals surface area contributed by atoms with E-state index in [1.54, 1.807) is 0 Å². The topological polar surface area (TPSA) is 43.1 Å². The van der Waals surface area contributed by atoms with Crippen molar-refractivity contribution in [2.45, 2.75) is 35.1 Å². The molecule has 2 nitrogen and oxygen atoms in total. The van der Waals surface area contributed by atoms with Gasteiger partial charge in [-0.25, -0.2) is 0 Å². The van der Waals surface area contributed by atoms with Crippen LogP contribution in [0.15, 0.2) is 0 Å². The second-order valence-corrected chi connectivity index (χ2v) is 0.707. The maximum Gasteiger partial charge on any atom is 0.106 e. The summed E-state index contributed by atoms with van der Waals surface area (Å²) in [6.45, 7) is 6.25. The van der Waals surface area contributed by atoms with Gasteiger partial charge in [-0.2, -0.15) is 0 Å². The zero-order chi connectivity index (χ0) is 6.71. The fourth-order valence-electron chi connectivity index (χ4n) is 0. The molecule has 0 heterocycles. The van der Waals surface area contributed by atoms with Gasteiger partial charge in [0.2, 0.25) is 0 Å². The first-order valence-electron chi connectivity index (χ1n) is 2.28. The highest BCUT2D eigenvalue weighted by molar-refractivity contribution is 5.10. The molecule has 0 saturated heterocycles. The van der Waals surface area contributed by atoms with Gasteiger partial charge in [0.15, 0.2) is 0 Å². The summed E-state index contributed by atoms with van der Waals surface area (Å²) in [6.07, 6.45) is 1.25. The van der Waals surface area contributed by atoms with E-state index in [1.807, 2.05) is 6.79 Å². The minimum absolute atomic E-state index is 0. The normalized spacial score (nSPS) is 3.11. The number of hydrogen-bond acceptors (Lipinski definition) is 2. The molecule has 62 valence electrons. The minimum Gasteiger partial charge on any atom is -0.333 e. The molecule has 0 aromatic carbocycles. The lowest BCUT2D eigenvalue weighted by Gasteiger charge is -1.48. The Labute approximate surface area is 60.5 Å². The third-order valence-electron chi connectivity index (χ3n) is 0. The molecule has 0 aliphatic rings. The first-order chi connectivity index (χ1) is 3.41. The quantitative estimate of drug-likeness (QED) is 0.555. The number of nitrogens with two attached hydrogens (primary N) is 1. The fourth-order valence-corrected chi connectivity index (χ4v) is 0. The molecule has 0 amide bonds. The molecule has 9 heavy (non-hydrogen) atoms. The van der Waals surface area contributed by atoms with Crippen molar-refractivity contribution in [1.29, 1.82) is 0 Å². The van der Waals surface area contributed by atoms with Crippen LogP contribution < -0.4 is 5.73 Å². The second-order valence-electron chi connectivity index (χ2n) is 0.707. The number of rotatable bonds is 0. The third kappa shape index (κ3) is 1770. The van der Waals surface area contributed by atoms with Crippen LogP contribution in [0.4, 0.5) is 0 Å². The lowest BCUT2D eigenvalue weighted by atomic mass is 10.6. The molecule has 0 bridgehead atoms. The zero-order valence-corrected chi connectivity index (χ0v) is 5.40. The van der Waals surface area contributed by atoms with Gasteiger partial charge in [0.25, 0.3) is 0 Å². The molecule has 0 rings (SSSR count). The van der Waals surface area contributed by atoms with E-state index < -0.39 is 0 Å². The van der Waals surface area contributed by atoms with Crippen molar-refractivity contribution in [3.63, 3.8) is 0 Å². The van der Waals surface area contributed by atoms with E-state index in [0.29, 0.717) is 0 Å². The Morgan fingerprint density at radius 2 is 1.11 bits per heavy atom. The van der Waals surface area contributed by atoms with Crippen LogP contribution in [0, 0.1) is 0 Å². The van der Waals surface area contributed by atoms with E-state index >= 15 is 0 Å². The maximum atomic E-state index is 8.00. The Hall–Kier alpha value is -0.370. The molecule has 0 spiro atoms. The van der Waals surface area contributed by atoms with E-state index in [2.05, 4.69) is 19.6 Å². The Balaban J connectivity index is -0.00000000825. The number of carbonyl (C=O) groups is 1. The summed E-state index contributed by atoms with van der Waals surface area (Å²) in [4.78, 5) is 8.00. The van der Waals surface area contributed by atoms with Gasteiger partial charge in [-0.15, -0.1) is 0 Å². The largest absolute Gasteiger partial charge is 0.333 e. The van der Waals surface area contributed by atoms with Gasteiger partial charge in [0, 0.05) is 0 Å². The van der Waals surface area contributed by atoms with Gasteiger partial charge in [-0.05, 0) is 7.05 Å². The third-order valence-corrected chi connectivity index (χ3v) is 0. The van der Waals surface area contributed by atoms with Gasteiger partial charge in [-0.1, -0.05) is 35.1 Å². The van der Waals surface area contributed by atoms with Crippen LogP contribution in [0.3, 0.4) is 0 Å². The Bertz CT molecular complexity index is 12.9. The lowest BCUT2D eigenvalue weighted by molar-refractivity contribution is -0.0979. The van der Waals surface area contributed by atoms with Crippen molar-refractivity contribution < 1.29 is 4.79 Å². The molecular weight excluding hydrogens is 114 g/mol. The second kappa shape index (κ2) is 845. The molecule has 0 aromatic rings. The SMILES string of the molecule is C.C.C=O.CCC.CN. The summed E-state index contributed by atoms with van der Waals surface area (Å²) < 4.78 is 0. The summed E-state index contributed by atoms with van der Waals surface area (Å²) in [5, 5.41) is 0. The molecular formula is C7H23NO. The van der Waals surface area contributed by atoms with E-state index in [1.165, 1.54) is 13.5 Å². The van der Waals surface area contributed by atoms with E-state index in [4.69, 9.17) is 4.79 Å². The minimum atomic E-state index is 0. The highest BCUT2D eigenvalue weighted by atomic mass is 16.1. The summed E-state index contributed by atoms with van der Waals surface area (Å²) in [6, 6.07) is 0. The van der Waals surface area contributed by atoms with Gasteiger partial charge in [-0.3, -0.25) is 0 Å².